The maximum Gasteiger partial charge on any atom is 0.249 e. The van der Waals surface area contributed by atoms with E-state index in [2.05, 4.69) is 5.32 Å². The van der Waals surface area contributed by atoms with Crippen molar-refractivity contribution in [3.63, 3.8) is 0 Å². The number of anilines is 1. The van der Waals surface area contributed by atoms with Crippen LogP contribution < -0.4 is 14.8 Å². The second-order valence-electron chi connectivity index (χ2n) is 5.87. The van der Waals surface area contributed by atoms with Gasteiger partial charge in [0.05, 0.1) is 14.2 Å². The molecule has 0 aliphatic rings. The number of carbonyl (C=O) groups excluding carboxylic acids is 1. The lowest BCUT2D eigenvalue weighted by molar-refractivity contribution is -0.111. The van der Waals surface area contributed by atoms with Crippen LogP contribution in [0.5, 0.6) is 11.5 Å². The molecule has 0 atom stereocenters. The summed E-state index contributed by atoms with van der Waals surface area (Å²) in [4.78, 5) is 12.6. The first-order chi connectivity index (χ1) is 13.2. The first-order valence-electron chi connectivity index (χ1n) is 8.56. The van der Waals surface area contributed by atoms with Crippen LogP contribution in [0.3, 0.4) is 0 Å². The van der Waals surface area contributed by atoms with Gasteiger partial charge in [-0.1, -0.05) is 42.5 Å². The van der Waals surface area contributed by atoms with Crippen LogP contribution >= 0.6 is 0 Å². The molecule has 4 heteroatoms. The molecule has 3 rings (SSSR count). The zero-order valence-electron chi connectivity index (χ0n) is 15.3. The summed E-state index contributed by atoms with van der Waals surface area (Å²) in [5.74, 6) is 1.34. The van der Waals surface area contributed by atoms with Crippen LogP contribution in [0.2, 0.25) is 0 Å². The van der Waals surface area contributed by atoms with Gasteiger partial charge < -0.3 is 14.8 Å². The Kier molecular flexibility index (Phi) is 5.90. The fraction of sp³-hybridized carbons (Fsp3) is 0.0870. The van der Waals surface area contributed by atoms with Gasteiger partial charge in [0.25, 0.3) is 0 Å². The minimum atomic E-state index is -0.192. The Morgan fingerprint density at radius 3 is 1.67 bits per heavy atom. The summed E-state index contributed by atoms with van der Waals surface area (Å²) in [6.07, 6.45) is 1.61. The van der Waals surface area contributed by atoms with Crippen molar-refractivity contribution >= 4 is 17.2 Å². The van der Waals surface area contributed by atoms with Crippen LogP contribution in [0.1, 0.15) is 11.1 Å². The summed E-state index contributed by atoms with van der Waals surface area (Å²) in [5, 5.41) is 2.89. The molecule has 3 aromatic rings. The van der Waals surface area contributed by atoms with E-state index in [1.54, 1.807) is 20.3 Å². The fourth-order valence-corrected chi connectivity index (χ4v) is 2.71. The third-order valence-electron chi connectivity index (χ3n) is 4.12. The van der Waals surface area contributed by atoms with Crippen molar-refractivity contribution in [2.75, 3.05) is 19.5 Å². The average Bonchev–Trinajstić information content (AvgIpc) is 2.73. The summed E-state index contributed by atoms with van der Waals surface area (Å²) in [5.41, 5.74) is 3.41. The summed E-state index contributed by atoms with van der Waals surface area (Å²) in [7, 11) is 3.26. The maximum absolute atomic E-state index is 12.6. The number of hydrogen-bond acceptors (Lipinski definition) is 3. The molecule has 0 unspecified atom stereocenters. The molecule has 0 radical (unpaired) electrons. The molecule has 0 aliphatic carbocycles. The quantitative estimate of drug-likeness (QED) is 0.645. The number of para-hydroxylation sites is 1. The van der Waals surface area contributed by atoms with Crippen LogP contribution in [0.25, 0.3) is 5.57 Å². The predicted molar refractivity (Wildman–Crippen MR) is 108 cm³/mol. The van der Waals surface area contributed by atoms with Gasteiger partial charge in [-0.05, 0) is 53.1 Å². The molecule has 0 aromatic heterocycles. The van der Waals surface area contributed by atoms with Gasteiger partial charge in [0.15, 0.2) is 0 Å². The van der Waals surface area contributed by atoms with E-state index < -0.39 is 0 Å². The molecular formula is C23H21NO3. The number of ether oxygens (including phenoxy) is 2. The van der Waals surface area contributed by atoms with Crippen LogP contribution in [0, 0.1) is 0 Å². The number of methoxy groups -OCH3 is 2. The standard InChI is InChI=1S/C23H21NO3/c1-26-20-12-8-17(9-13-20)22(18-10-14-21(27-2)15-11-18)16-23(25)24-19-6-4-3-5-7-19/h3-16H,1-2H3,(H,24,25). The highest BCUT2D eigenvalue weighted by atomic mass is 16.5. The van der Waals surface area contributed by atoms with Crippen molar-refractivity contribution in [3.8, 4) is 11.5 Å². The molecule has 0 bridgehead atoms. The lowest BCUT2D eigenvalue weighted by Crippen LogP contribution is -2.09. The molecule has 3 aromatic carbocycles. The largest absolute Gasteiger partial charge is 0.497 e. The van der Waals surface area contributed by atoms with E-state index >= 15 is 0 Å². The molecular weight excluding hydrogens is 338 g/mol. The number of carbonyl (C=O) groups is 1. The second kappa shape index (κ2) is 8.72. The molecule has 0 spiro atoms. The van der Waals surface area contributed by atoms with Crippen molar-refractivity contribution in [2.45, 2.75) is 0 Å². The molecule has 0 aliphatic heterocycles. The number of benzene rings is 3. The van der Waals surface area contributed by atoms with Crippen LogP contribution in [-0.4, -0.2) is 20.1 Å². The molecule has 0 saturated heterocycles. The van der Waals surface area contributed by atoms with Gasteiger partial charge >= 0.3 is 0 Å². The Labute approximate surface area is 159 Å². The number of hydrogen-bond donors (Lipinski definition) is 1. The van der Waals surface area contributed by atoms with Crippen molar-refractivity contribution in [1.29, 1.82) is 0 Å². The smallest absolute Gasteiger partial charge is 0.249 e. The predicted octanol–water partition coefficient (Wildman–Crippen LogP) is 4.77. The molecule has 4 nitrogen and oxygen atoms in total. The van der Waals surface area contributed by atoms with E-state index in [0.717, 1.165) is 33.9 Å². The number of amides is 1. The fourth-order valence-electron chi connectivity index (χ4n) is 2.71. The highest BCUT2D eigenvalue weighted by Gasteiger charge is 2.09. The molecule has 1 amide bonds. The highest BCUT2D eigenvalue weighted by molar-refractivity contribution is 6.06. The topological polar surface area (TPSA) is 47.6 Å². The van der Waals surface area contributed by atoms with E-state index in [9.17, 15) is 4.79 Å². The number of nitrogens with one attached hydrogen (secondary N) is 1. The summed E-state index contributed by atoms with van der Waals surface area (Å²) in [6, 6.07) is 24.6. The summed E-state index contributed by atoms with van der Waals surface area (Å²) in [6.45, 7) is 0. The Hall–Kier alpha value is -3.53. The van der Waals surface area contributed by atoms with Gasteiger partial charge in [0.1, 0.15) is 11.5 Å². The van der Waals surface area contributed by atoms with E-state index in [1.165, 1.54) is 0 Å². The Morgan fingerprint density at radius 2 is 1.22 bits per heavy atom. The van der Waals surface area contributed by atoms with Crippen molar-refractivity contribution < 1.29 is 14.3 Å². The molecule has 27 heavy (non-hydrogen) atoms. The minimum absolute atomic E-state index is 0.192. The van der Waals surface area contributed by atoms with Gasteiger partial charge in [-0.25, -0.2) is 0 Å². The zero-order valence-corrected chi connectivity index (χ0v) is 15.3. The first kappa shape index (κ1) is 18.3. The third kappa shape index (κ3) is 4.76. The van der Waals surface area contributed by atoms with Crippen LogP contribution in [-0.2, 0) is 4.79 Å². The second-order valence-corrected chi connectivity index (χ2v) is 5.87. The molecule has 1 N–H and O–H groups in total. The third-order valence-corrected chi connectivity index (χ3v) is 4.12. The number of rotatable bonds is 6. The van der Waals surface area contributed by atoms with Gasteiger partial charge in [-0.15, -0.1) is 0 Å². The Morgan fingerprint density at radius 1 is 0.741 bits per heavy atom. The van der Waals surface area contributed by atoms with E-state index in [4.69, 9.17) is 9.47 Å². The molecule has 0 heterocycles. The monoisotopic (exact) mass is 359 g/mol. The van der Waals surface area contributed by atoms with Gasteiger partial charge in [0, 0.05) is 11.8 Å². The van der Waals surface area contributed by atoms with Gasteiger partial charge in [-0.2, -0.15) is 0 Å². The summed E-state index contributed by atoms with van der Waals surface area (Å²) < 4.78 is 10.5. The lowest BCUT2D eigenvalue weighted by Gasteiger charge is -2.11. The van der Waals surface area contributed by atoms with E-state index in [-0.39, 0.29) is 5.91 Å². The lowest BCUT2D eigenvalue weighted by atomic mass is 9.97. The minimum Gasteiger partial charge on any atom is -0.497 e. The zero-order chi connectivity index (χ0) is 19.1. The van der Waals surface area contributed by atoms with Gasteiger partial charge in [0.2, 0.25) is 5.91 Å². The summed E-state index contributed by atoms with van der Waals surface area (Å²) >= 11 is 0. The van der Waals surface area contributed by atoms with E-state index in [0.29, 0.717) is 0 Å². The van der Waals surface area contributed by atoms with Gasteiger partial charge in [-0.3, -0.25) is 4.79 Å². The average molecular weight is 359 g/mol. The van der Waals surface area contributed by atoms with Crippen molar-refractivity contribution in [1.82, 2.24) is 0 Å². The first-order valence-corrected chi connectivity index (χ1v) is 8.56. The Balaban J connectivity index is 1.95. The van der Waals surface area contributed by atoms with E-state index in [1.807, 2.05) is 78.9 Å². The highest BCUT2D eigenvalue weighted by Crippen LogP contribution is 2.27. The van der Waals surface area contributed by atoms with Crippen molar-refractivity contribution in [3.05, 3.63) is 96.1 Å². The molecule has 136 valence electrons. The SMILES string of the molecule is COc1ccc(C(=CC(=O)Nc2ccccc2)c2ccc(OC)cc2)cc1. The van der Waals surface area contributed by atoms with Crippen LogP contribution in [0.4, 0.5) is 5.69 Å². The normalized spacial score (nSPS) is 10.0. The maximum atomic E-state index is 12.6. The van der Waals surface area contributed by atoms with Crippen molar-refractivity contribution in [2.24, 2.45) is 0 Å². The molecule has 0 saturated carbocycles. The Bertz CT molecular complexity index is 865. The molecule has 0 fully saturated rings. The van der Waals surface area contributed by atoms with Crippen LogP contribution in [0.15, 0.2) is 84.9 Å².